The zero-order valence-corrected chi connectivity index (χ0v) is 24.1. The van der Waals surface area contributed by atoms with Crippen molar-refractivity contribution in [3.63, 3.8) is 0 Å². The molecule has 0 saturated heterocycles. The maximum Gasteiger partial charge on any atom is 0.141 e. The summed E-state index contributed by atoms with van der Waals surface area (Å²) < 4.78 is 3.28. The van der Waals surface area contributed by atoms with E-state index in [2.05, 4.69) is 52.7 Å². The number of halogens is 1. The molecule has 3 heteroatoms. The number of fused-ring (bicyclic) bond motifs is 1. The van der Waals surface area contributed by atoms with Gasteiger partial charge in [-0.05, 0) is 52.9 Å². The molecule has 0 amide bonds. The van der Waals surface area contributed by atoms with Gasteiger partial charge in [0.25, 0.3) is 0 Å². The Balaban J connectivity index is 1.69. The van der Waals surface area contributed by atoms with Crippen LogP contribution in [0.3, 0.4) is 0 Å². The molecule has 0 saturated carbocycles. The summed E-state index contributed by atoms with van der Waals surface area (Å²) in [7, 11) is 0. The zero-order valence-electron chi connectivity index (χ0n) is 22.5. The first-order valence-electron chi connectivity index (χ1n) is 14.9. The molecule has 2 nitrogen and oxygen atoms in total. The first-order valence-corrected chi connectivity index (χ1v) is 15.6. The second-order valence-corrected chi connectivity index (χ2v) is 11.4. The van der Waals surface area contributed by atoms with Crippen molar-refractivity contribution in [3.05, 3.63) is 29.0 Å². The molecule has 0 fully saturated rings. The SMILES string of the molecule is CCCCCCCCCCC(CCCCCCCCCC)CCCn1ccc2ccc(Br)nc21. The van der Waals surface area contributed by atoms with Gasteiger partial charge in [-0.3, -0.25) is 0 Å². The number of pyridine rings is 1. The van der Waals surface area contributed by atoms with Gasteiger partial charge in [0.2, 0.25) is 0 Å². The lowest BCUT2D eigenvalue weighted by Gasteiger charge is -2.17. The molecule has 34 heavy (non-hydrogen) atoms. The molecular weight excluding hydrogens is 480 g/mol. The molecule has 0 atom stereocenters. The summed E-state index contributed by atoms with van der Waals surface area (Å²) in [6.45, 7) is 5.71. The molecule has 2 heterocycles. The number of nitrogens with zero attached hydrogens (tertiary/aromatic N) is 2. The Morgan fingerprint density at radius 3 is 1.71 bits per heavy atom. The van der Waals surface area contributed by atoms with Crippen molar-refractivity contribution >= 4 is 27.0 Å². The van der Waals surface area contributed by atoms with E-state index in [9.17, 15) is 0 Å². The Bertz CT molecular complexity index is 718. The summed E-state index contributed by atoms with van der Waals surface area (Å²) in [5.74, 6) is 0.918. The number of aromatic nitrogens is 2. The van der Waals surface area contributed by atoms with Gasteiger partial charge in [-0.2, -0.15) is 0 Å². The fraction of sp³-hybridized carbons (Fsp3) is 0.774. The van der Waals surface area contributed by atoms with Crippen molar-refractivity contribution in [3.8, 4) is 0 Å². The van der Waals surface area contributed by atoms with Gasteiger partial charge < -0.3 is 4.57 Å². The van der Waals surface area contributed by atoms with Crippen molar-refractivity contribution in [2.45, 2.75) is 149 Å². The van der Waals surface area contributed by atoms with Crippen molar-refractivity contribution in [2.24, 2.45) is 5.92 Å². The predicted octanol–water partition coefficient (Wildman–Crippen LogP) is 11.3. The van der Waals surface area contributed by atoms with E-state index in [-0.39, 0.29) is 0 Å². The summed E-state index contributed by atoms with van der Waals surface area (Å²) in [5.41, 5.74) is 1.12. The van der Waals surface area contributed by atoms with Crippen LogP contribution in [0.1, 0.15) is 142 Å². The van der Waals surface area contributed by atoms with Crippen LogP contribution < -0.4 is 0 Å². The fourth-order valence-electron chi connectivity index (χ4n) is 5.33. The van der Waals surface area contributed by atoms with Gasteiger partial charge in [-0.15, -0.1) is 0 Å². The largest absolute Gasteiger partial charge is 0.332 e. The number of hydrogen-bond donors (Lipinski definition) is 0. The van der Waals surface area contributed by atoms with E-state index in [0.717, 1.165) is 22.7 Å². The first kappa shape index (κ1) is 29.4. The second-order valence-electron chi connectivity index (χ2n) is 10.6. The van der Waals surface area contributed by atoms with Crippen LogP contribution >= 0.6 is 15.9 Å². The smallest absolute Gasteiger partial charge is 0.141 e. The minimum Gasteiger partial charge on any atom is -0.332 e. The van der Waals surface area contributed by atoms with Gasteiger partial charge in [0, 0.05) is 18.1 Å². The molecule has 0 spiro atoms. The molecule has 0 aliphatic carbocycles. The van der Waals surface area contributed by atoms with Crippen LogP contribution in [0.25, 0.3) is 11.0 Å². The molecule has 0 radical (unpaired) electrons. The van der Waals surface area contributed by atoms with E-state index < -0.39 is 0 Å². The van der Waals surface area contributed by atoms with Gasteiger partial charge in [-0.25, -0.2) is 4.98 Å². The molecule has 0 aliphatic heterocycles. The predicted molar refractivity (Wildman–Crippen MR) is 155 cm³/mol. The van der Waals surface area contributed by atoms with E-state index in [1.165, 1.54) is 134 Å². The average molecular weight is 534 g/mol. The number of unbranched alkanes of at least 4 members (excludes halogenated alkanes) is 14. The quantitative estimate of drug-likeness (QED) is 0.109. The maximum absolute atomic E-state index is 4.71. The fourth-order valence-corrected chi connectivity index (χ4v) is 5.63. The Hall–Kier alpha value is -0.830. The molecular formula is C31H53BrN2. The van der Waals surface area contributed by atoms with Crippen LogP contribution in [0.5, 0.6) is 0 Å². The van der Waals surface area contributed by atoms with E-state index in [1.54, 1.807) is 0 Å². The maximum atomic E-state index is 4.71. The standard InChI is InChI=1S/C31H53BrN2/c1-3-5-7-9-11-13-15-17-20-28(21-18-16-14-12-10-8-6-4-2)22-19-26-34-27-25-29-23-24-30(32)33-31(29)34/h23-25,27-28H,3-22,26H2,1-2H3. The highest BCUT2D eigenvalue weighted by Gasteiger charge is 2.10. The van der Waals surface area contributed by atoms with Crippen LogP contribution in [0, 0.1) is 5.92 Å². The second kappa shape index (κ2) is 19.4. The van der Waals surface area contributed by atoms with Crippen molar-refractivity contribution < 1.29 is 0 Å². The normalized spacial score (nSPS) is 11.8. The van der Waals surface area contributed by atoms with Crippen molar-refractivity contribution in [1.29, 1.82) is 0 Å². The monoisotopic (exact) mass is 532 g/mol. The molecule has 2 aromatic rings. The topological polar surface area (TPSA) is 17.8 Å². The van der Waals surface area contributed by atoms with Crippen LogP contribution in [-0.2, 0) is 6.54 Å². The summed E-state index contributed by atoms with van der Waals surface area (Å²) in [4.78, 5) is 4.71. The van der Waals surface area contributed by atoms with E-state index in [4.69, 9.17) is 4.98 Å². The van der Waals surface area contributed by atoms with Crippen LogP contribution in [0.4, 0.5) is 0 Å². The lowest BCUT2D eigenvalue weighted by molar-refractivity contribution is 0.364. The number of aryl methyl sites for hydroxylation is 1. The van der Waals surface area contributed by atoms with Gasteiger partial charge in [0.15, 0.2) is 0 Å². The Morgan fingerprint density at radius 1 is 0.647 bits per heavy atom. The Labute approximate surface area is 219 Å². The molecule has 0 N–H and O–H groups in total. The number of hydrogen-bond acceptors (Lipinski definition) is 1. The third-order valence-electron chi connectivity index (χ3n) is 7.52. The van der Waals surface area contributed by atoms with Gasteiger partial charge in [0.05, 0.1) is 0 Å². The third kappa shape index (κ3) is 12.8. The highest BCUT2D eigenvalue weighted by atomic mass is 79.9. The minimum atomic E-state index is 0.918. The molecule has 2 aromatic heterocycles. The Morgan fingerprint density at radius 2 is 1.15 bits per heavy atom. The van der Waals surface area contributed by atoms with Gasteiger partial charge in [0.1, 0.15) is 10.3 Å². The minimum absolute atomic E-state index is 0.918. The zero-order chi connectivity index (χ0) is 24.3. The molecule has 0 aromatic carbocycles. The highest BCUT2D eigenvalue weighted by Crippen LogP contribution is 2.25. The lowest BCUT2D eigenvalue weighted by atomic mass is 9.90. The third-order valence-corrected chi connectivity index (χ3v) is 7.96. The summed E-state index contributed by atoms with van der Waals surface area (Å²) >= 11 is 3.54. The van der Waals surface area contributed by atoms with Gasteiger partial charge in [-0.1, -0.05) is 129 Å². The summed E-state index contributed by atoms with van der Waals surface area (Å²) in [5, 5.41) is 1.25. The van der Waals surface area contributed by atoms with E-state index >= 15 is 0 Å². The van der Waals surface area contributed by atoms with Crippen LogP contribution in [0.15, 0.2) is 29.0 Å². The highest BCUT2D eigenvalue weighted by molar-refractivity contribution is 9.10. The van der Waals surface area contributed by atoms with Gasteiger partial charge >= 0.3 is 0 Å². The van der Waals surface area contributed by atoms with Crippen LogP contribution in [-0.4, -0.2) is 9.55 Å². The molecule has 0 bridgehead atoms. The van der Waals surface area contributed by atoms with Crippen molar-refractivity contribution in [2.75, 3.05) is 0 Å². The van der Waals surface area contributed by atoms with Crippen LogP contribution in [0.2, 0.25) is 0 Å². The summed E-state index contributed by atoms with van der Waals surface area (Å²) in [6.07, 6.45) is 30.7. The molecule has 0 unspecified atom stereocenters. The first-order chi connectivity index (χ1) is 16.7. The number of rotatable bonds is 22. The lowest BCUT2D eigenvalue weighted by Crippen LogP contribution is -2.05. The summed E-state index contributed by atoms with van der Waals surface area (Å²) in [6, 6.07) is 6.40. The van der Waals surface area contributed by atoms with E-state index in [0.29, 0.717) is 0 Å². The molecule has 194 valence electrons. The van der Waals surface area contributed by atoms with E-state index in [1.807, 2.05) is 6.07 Å². The molecule has 0 aliphatic rings. The van der Waals surface area contributed by atoms with Crippen molar-refractivity contribution in [1.82, 2.24) is 9.55 Å². The average Bonchev–Trinajstić information content (AvgIpc) is 3.24. The Kier molecular flexibility index (Phi) is 16.7. The molecule has 2 rings (SSSR count).